The van der Waals surface area contributed by atoms with Gasteiger partial charge in [-0.2, -0.15) is 0 Å². The number of esters is 1. The number of anilines is 1. The molecular weight excluding hydrogens is 332 g/mol. The minimum atomic E-state index is -0.580. The summed E-state index contributed by atoms with van der Waals surface area (Å²) >= 11 is 0. The minimum Gasteiger partial charge on any atom is -0.464 e. The lowest BCUT2D eigenvalue weighted by molar-refractivity contribution is 0.0589. The van der Waals surface area contributed by atoms with Gasteiger partial charge in [-0.1, -0.05) is 17.7 Å². The predicted octanol–water partition coefficient (Wildman–Crippen LogP) is 2.89. The van der Waals surface area contributed by atoms with Crippen molar-refractivity contribution in [2.75, 3.05) is 12.4 Å². The van der Waals surface area contributed by atoms with Crippen LogP contribution < -0.4 is 10.7 Å². The average Bonchev–Trinajstić information content (AvgIpc) is 2.64. The molecule has 0 aliphatic carbocycles. The zero-order valence-electron chi connectivity index (χ0n) is 14.7. The van der Waals surface area contributed by atoms with Gasteiger partial charge in [0.2, 0.25) is 0 Å². The lowest BCUT2D eigenvalue weighted by Crippen LogP contribution is -2.17. The molecule has 0 atom stereocenters. The van der Waals surface area contributed by atoms with Crippen LogP contribution in [0.3, 0.4) is 0 Å². The van der Waals surface area contributed by atoms with Crippen LogP contribution in [0.25, 0.3) is 10.9 Å². The van der Waals surface area contributed by atoms with Crippen LogP contribution in [-0.2, 0) is 11.8 Å². The molecule has 0 aliphatic rings. The van der Waals surface area contributed by atoms with Gasteiger partial charge in [0.1, 0.15) is 5.69 Å². The third-order valence-electron chi connectivity index (χ3n) is 4.22. The van der Waals surface area contributed by atoms with Crippen LogP contribution in [0.4, 0.5) is 5.69 Å². The van der Waals surface area contributed by atoms with Crippen molar-refractivity contribution in [2.45, 2.75) is 6.92 Å². The Bertz CT molecular complexity index is 1070. The number of aryl methyl sites for hydroxylation is 2. The molecule has 6 nitrogen and oxygen atoms in total. The summed E-state index contributed by atoms with van der Waals surface area (Å²) in [6, 6.07) is 13.4. The Morgan fingerprint density at radius 2 is 1.73 bits per heavy atom. The van der Waals surface area contributed by atoms with Crippen molar-refractivity contribution >= 4 is 28.5 Å². The number of methoxy groups -OCH3 is 1. The number of nitrogens with zero attached hydrogens (tertiary/aromatic N) is 1. The van der Waals surface area contributed by atoms with E-state index < -0.39 is 5.97 Å². The van der Waals surface area contributed by atoms with Crippen LogP contribution in [0.2, 0.25) is 0 Å². The summed E-state index contributed by atoms with van der Waals surface area (Å²) in [5, 5.41) is 3.19. The van der Waals surface area contributed by atoms with Crippen molar-refractivity contribution < 1.29 is 14.3 Å². The highest BCUT2D eigenvalue weighted by Crippen LogP contribution is 2.18. The van der Waals surface area contributed by atoms with Gasteiger partial charge in [-0.3, -0.25) is 9.59 Å². The Hall–Kier alpha value is -3.41. The van der Waals surface area contributed by atoms with Gasteiger partial charge in [0.05, 0.1) is 12.6 Å². The molecule has 6 heteroatoms. The first-order chi connectivity index (χ1) is 12.4. The molecule has 0 fully saturated rings. The van der Waals surface area contributed by atoms with E-state index in [4.69, 9.17) is 4.74 Å². The normalized spacial score (nSPS) is 10.6. The van der Waals surface area contributed by atoms with E-state index >= 15 is 0 Å². The van der Waals surface area contributed by atoms with Crippen LogP contribution in [0.1, 0.15) is 26.4 Å². The number of carbonyl (C=O) groups excluding carboxylic acids is 2. The quantitative estimate of drug-likeness (QED) is 0.737. The van der Waals surface area contributed by atoms with Crippen molar-refractivity contribution in [2.24, 2.45) is 7.05 Å². The molecular formula is C20H18N2O4. The molecule has 0 radical (unpaired) electrons. The number of nitrogens with one attached hydrogen (secondary N) is 1. The Labute approximate surface area is 150 Å². The molecule has 3 aromatic rings. The maximum absolute atomic E-state index is 12.4. The SMILES string of the molecule is COC(=O)c1cc(=O)c2cc(NC(=O)c3ccc(C)cc3)ccc2n1C. The largest absolute Gasteiger partial charge is 0.464 e. The first-order valence-corrected chi connectivity index (χ1v) is 8.01. The number of aromatic nitrogens is 1. The van der Waals surface area contributed by atoms with Crippen molar-refractivity contribution in [3.8, 4) is 0 Å². The van der Waals surface area contributed by atoms with Gasteiger partial charge in [0.15, 0.2) is 5.43 Å². The molecule has 0 unspecified atom stereocenters. The first-order valence-electron chi connectivity index (χ1n) is 8.01. The van der Waals surface area contributed by atoms with E-state index in [0.717, 1.165) is 5.56 Å². The number of carbonyl (C=O) groups is 2. The predicted molar refractivity (Wildman–Crippen MR) is 99.7 cm³/mol. The summed E-state index contributed by atoms with van der Waals surface area (Å²) in [5.41, 5.74) is 2.53. The molecule has 1 N–H and O–H groups in total. The van der Waals surface area contributed by atoms with E-state index in [0.29, 0.717) is 22.2 Å². The third-order valence-corrected chi connectivity index (χ3v) is 4.22. The van der Waals surface area contributed by atoms with Crippen molar-refractivity contribution in [1.82, 2.24) is 4.57 Å². The lowest BCUT2D eigenvalue weighted by atomic mass is 10.1. The summed E-state index contributed by atoms with van der Waals surface area (Å²) in [6.45, 7) is 1.95. The number of rotatable bonds is 3. The smallest absolute Gasteiger partial charge is 0.354 e. The second-order valence-corrected chi connectivity index (χ2v) is 6.00. The Morgan fingerprint density at radius 3 is 2.38 bits per heavy atom. The number of hydrogen-bond acceptors (Lipinski definition) is 4. The van der Waals surface area contributed by atoms with Gasteiger partial charge in [-0.05, 0) is 37.3 Å². The standard InChI is InChI=1S/C20H18N2O4/c1-12-4-6-13(7-5-12)19(24)21-14-8-9-16-15(10-14)18(23)11-17(22(16)2)20(25)26-3/h4-11H,1-3H3,(H,21,24). The van der Waals surface area contributed by atoms with E-state index in [-0.39, 0.29) is 17.0 Å². The van der Waals surface area contributed by atoms with E-state index in [1.807, 2.05) is 19.1 Å². The molecule has 0 aliphatic heterocycles. The Morgan fingerprint density at radius 1 is 1.04 bits per heavy atom. The molecule has 0 spiro atoms. The highest BCUT2D eigenvalue weighted by Gasteiger charge is 2.14. The summed E-state index contributed by atoms with van der Waals surface area (Å²) in [5.74, 6) is -0.837. The van der Waals surface area contributed by atoms with Crippen LogP contribution in [-0.4, -0.2) is 23.6 Å². The van der Waals surface area contributed by atoms with Crippen molar-refractivity contribution in [3.63, 3.8) is 0 Å². The summed E-state index contributed by atoms with van der Waals surface area (Å²) in [4.78, 5) is 36.5. The number of fused-ring (bicyclic) bond motifs is 1. The van der Waals surface area contributed by atoms with Gasteiger partial charge in [-0.15, -0.1) is 0 Å². The maximum Gasteiger partial charge on any atom is 0.354 e. The molecule has 26 heavy (non-hydrogen) atoms. The second-order valence-electron chi connectivity index (χ2n) is 6.00. The fraction of sp³-hybridized carbons (Fsp3) is 0.150. The lowest BCUT2D eigenvalue weighted by Gasteiger charge is -2.12. The average molecular weight is 350 g/mol. The Kier molecular flexibility index (Phi) is 4.58. The van der Waals surface area contributed by atoms with E-state index in [1.54, 1.807) is 41.9 Å². The molecule has 2 aromatic carbocycles. The van der Waals surface area contributed by atoms with Gasteiger partial charge in [0, 0.05) is 29.8 Å². The molecule has 3 rings (SSSR count). The van der Waals surface area contributed by atoms with Gasteiger partial charge < -0.3 is 14.6 Å². The van der Waals surface area contributed by atoms with E-state index in [9.17, 15) is 14.4 Å². The summed E-state index contributed by atoms with van der Waals surface area (Å²) < 4.78 is 6.29. The van der Waals surface area contributed by atoms with Crippen LogP contribution in [0, 0.1) is 6.92 Å². The second kappa shape index (κ2) is 6.84. The zero-order chi connectivity index (χ0) is 18.8. The maximum atomic E-state index is 12.4. The number of benzene rings is 2. The summed E-state index contributed by atoms with van der Waals surface area (Å²) in [6.07, 6.45) is 0. The molecule has 1 heterocycles. The molecule has 132 valence electrons. The fourth-order valence-corrected chi connectivity index (χ4v) is 2.74. The monoisotopic (exact) mass is 350 g/mol. The van der Waals surface area contributed by atoms with E-state index in [1.165, 1.54) is 13.2 Å². The molecule has 0 bridgehead atoms. The van der Waals surface area contributed by atoms with Crippen molar-refractivity contribution in [1.29, 1.82) is 0 Å². The highest BCUT2D eigenvalue weighted by atomic mass is 16.5. The van der Waals surface area contributed by atoms with Gasteiger partial charge in [0.25, 0.3) is 5.91 Å². The zero-order valence-corrected chi connectivity index (χ0v) is 14.7. The summed E-state index contributed by atoms with van der Waals surface area (Å²) in [7, 11) is 2.94. The molecule has 1 aromatic heterocycles. The molecule has 1 amide bonds. The first kappa shape index (κ1) is 17.4. The number of hydrogen-bond donors (Lipinski definition) is 1. The fourth-order valence-electron chi connectivity index (χ4n) is 2.74. The topological polar surface area (TPSA) is 77.4 Å². The third kappa shape index (κ3) is 3.21. The highest BCUT2D eigenvalue weighted by molar-refractivity contribution is 6.05. The molecule has 0 saturated carbocycles. The van der Waals surface area contributed by atoms with E-state index in [2.05, 4.69) is 5.32 Å². The number of ether oxygens (including phenoxy) is 1. The van der Waals surface area contributed by atoms with Crippen LogP contribution >= 0.6 is 0 Å². The van der Waals surface area contributed by atoms with Gasteiger partial charge >= 0.3 is 5.97 Å². The number of amides is 1. The van der Waals surface area contributed by atoms with Gasteiger partial charge in [-0.25, -0.2) is 4.79 Å². The number of pyridine rings is 1. The van der Waals surface area contributed by atoms with Crippen molar-refractivity contribution in [3.05, 3.63) is 75.6 Å². The van der Waals surface area contributed by atoms with Crippen LogP contribution in [0.15, 0.2) is 53.3 Å². The minimum absolute atomic E-state index is 0.168. The Balaban J connectivity index is 1.98. The molecule has 0 saturated heterocycles. The van der Waals surface area contributed by atoms with Crippen LogP contribution in [0.5, 0.6) is 0 Å².